The number of anilines is 1. The number of imidazole rings is 1. The van der Waals surface area contributed by atoms with E-state index < -0.39 is 0 Å². The second kappa shape index (κ2) is 8.74. The number of hydrogen-bond donors (Lipinski definition) is 0. The molecule has 5 rings (SSSR count). The van der Waals surface area contributed by atoms with Crippen molar-refractivity contribution in [3.8, 4) is 5.75 Å². The third kappa shape index (κ3) is 4.36. The third-order valence-electron chi connectivity index (χ3n) is 6.30. The standard InChI is InChI=1S/C28H29N3O2/c1-19-8-10-23(11-9-19)31-18-22(17-27(31)32)28-29-25-6-4-5-7-26(25)30(28)12-13-33-24-15-20(2)14-21(3)16-24/h4-11,14-16,22H,12-13,17-18H2,1-3H3/t22-/m1/s1. The summed E-state index contributed by atoms with van der Waals surface area (Å²) in [5, 5.41) is 0. The Labute approximate surface area is 194 Å². The molecule has 0 bridgehead atoms. The molecule has 0 spiro atoms. The highest BCUT2D eigenvalue weighted by atomic mass is 16.5. The monoisotopic (exact) mass is 439 g/mol. The highest BCUT2D eigenvalue weighted by Crippen LogP contribution is 2.33. The number of benzene rings is 3. The van der Waals surface area contributed by atoms with Crippen LogP contribution in [0.3, 0.4) is 0 Å². The predicted molar refractivity (Wildman–Crippen MR) is 132 cm³/mol. The van der Waals surface area contributed by atoms with E-state index in [-0.39, 0.29) is 11.8 Å². The number of nitrogens with zero attached hydrogens (tertiary/aromatic N) is 3. The van der Waals surface area contributed by atoms with Crippen LogP contribution in [0.15, 0.2) is 66.7 Å². The van der Waals surface area contributed by atoms with Crippen molar-refractivity contribution in [1.82, 2.24) is 9.55 Å². The van der Waals surface area contributed by atoms with Crippen LogP contribution in [0.4, 0.5) is 5.69 Å². The summed E-state index contributed by atoms with van der Waals surface area (Å²) in [5.41, 5.74) is 6.57. The minimum absolute atomic E-state index is 0.0485. The lowest BCUT2D eigenvalue weighted by atomic mass is 10.1. The highest BCUT2D eigenvalue weighted by Gasteiger charge is 2.34. The zero-order chi connectivity index (χ0) is 22.9. The minimum Gasteiger partial charge on any atom is -0.492 e. The van der Waals surface area contributed by atoms with Gasteiger partial charge < -0.3 is 14.2 Å². The highest BCUT2D eigenvalue weighted by molar-refractivity contribution is 5.96. The molecule has 5 heteroatoms. The van der Waals surface area contributed by atoms with Crippen LogP contribution < -0.4 is 9.64 Å². The summed E-state index contributed by atoms with van der Waals surface area (Å²) in [4.78, 5) is 19.7. The van der Waals surface area contributed by atoms with Gasteiger partial charge in [0.15, 0.2) is 0 Å². The first-order chi connectivity index (χ1) is 16.0. The van der Waals surface area contributed by atoms with E-state index in [1.54, 1.807) is 0 Å². The van der Waals surface area contributed by atoms with Crippen molar-refractivity contribution in [1.29, 1.82) is 0 Å². The molecule has 1 aliphatic heterocycles. The van der Waals surface area contributed by atoms with Crippen LogP contribution in [0.25, 0.3) is 11.0 Å². The number of carbonyl (C=O) groups is 1. The van der Waals surface area contributed by atoms with E-state index in [2.05, 4.69) is 61.7 Å². The normalized spacial score (nSPS) is 16.0. The number of carbonyl (C=O) groups excluding carboxylic acids is 1. The van der Waals surface area contributed by atoms with Crippen molar-refractivity contribution in [2.45, 2.75) is 39.7 Å². The fourth-order valence-corrected chi connectivity index (χ4v) is 4.77. The van der Waals surface area contributed by atoms with E-state index in [1.807, 2.05) is 35.2 Å². The first-order valence-electron chi connectivity index (χ1n) is 11.5. The molecule has 1 atom stereocenters. The molecule has 0 N–H and O–H groups in total. The smallest absolute Gasteiger partial charge is 0.227 e. The van der Waals surface area contributed by atoms with Gasteiger partial charge in [0.1, 0.15) is 18.2 Å². The van der Waals surface area contributed by atoms with Gasteiger partial charge in [-0.15, -0.1) is 0 Å². The summed E-state index contributed by atoms with van der Waals surface area (Å²) >= 11 is 0. The summed E-state index contributed by atoms with van der Waals surface area (Å²) in [6.45, 7) is 8.08. The molecule has 1 amide bonds. The van der Waals surface area contributed by atoms with Gasteiger partial charge in [0.25, 0.3) is 0 Å². The Morgan fingerprint density at radius 2 is 1.67 bits per heavy atom. The molecule has 0 saturated carbocycles. The number of amides is 1. The maximum Gasteiger partial charge on any atom is 0.227 e. The van der Waals surface area contributed by atoms with Gasteiger partial charge in [-0.3, -0.25) is 4.79 Å². The van der Waals surface area contributed by atoms with Crippen LogP contribution in [0, 0.1) is 20.8 Å². The average molecular weight is 440 g/mol. The molecule has 168 valence electrons. The fraction of sp³-hybridized carbons (Fsp3) is 0.286. The van der Waals surface area contributed by atoms with Gasteiger partial charge >= 0.3 is 0 Å². The largest absolute Gasteiger partial charge is 0.492 e. The Hall–Kier alpha value is -3.60. The van der Waals surface area contributed by atoms with Crippen molar-refractivity contribution in [3.05, 3.63) is 89.2 Å². The second-order valence-corrected chi connectivity index (χ2v) is 9.02. The van der Waals surface area contributed by atoms with E-state index in [0.29, 0.717) is 26.1 Å². The fourth-order valence-electron chi connectivity index (χ4n) is 4.77. The molecule has 33 heavy (non-hydrogen) atoms. The molecule has 0 aliphatic carbocycles. The molecule has 1 aliphatic rings. The third-order valence-corrected chi connectivity index (χ3v) is 6.30. The molecular formula is C28H29N3O2. The van der Waals surface area contributed by atoms with Crippen LogP contribution in [0.1, 0.15) is 34.9 Å². The summed E-state index contributed by atoms with van der Waals surface area (Å²) in [5.74, 6) is 2.05. The van der Waals surface area contributed by atoms with E-state index in [9.17, 15) is 4.79 Å². The Bertz CT molecular complexity index is 1290. The van der Waals surface area contributed by atoms with Gasteiger partial charge in [-0.05, 0) is 68.3 Å². The van der Waals surface area contributed by atoms with Crippen LogP contribution in [-0.4, -0.2) is 28.6 Å². The van der Waals surface area contributed by atoms with Crippen LogP contribution in [-0.2, 0) is 11.3 Å². The van der Waals surface area contributed by atoms with Gasteiger partial charge in [-0.1, -0.05) is 35.9 Å². The Morgan fingerprint density at radius 1 is 0.939 bits per heavy atom. The maximum atomic E-state index is 12.9. The van der Waals surface area contributed by atoms with E-state index >= 15 is 0 Å². The summed E-state index contributed by atoms with van der Waals surface area (Å²) in [6, 6.07) is 22.6. The van der Waals surface area contributed by atoms with Crippen LogP contribution >= 0.6 is 0 Å². The molecule has 1 aromatic heterocycles. The van der Waals surface area contributed by atoms with E-state index in [0.717, 1.165) is 28.3 Å². The minimum atomic E-state index is 0.0485. The van der Waals surface area contributed by atoms with Crippen molar-refractivity contribution >= 4 is 22.6 Å². The zero-order valence-corrected chi connectivity index (χ0v) is 19.4. The molecular weight excluding hydrogens is 410 g/mol. The number of aromatic nitrogens is 2. The molecule has 0 radical (unpaired) electrons. The molecule has 5 nitrogen and oxygen atoms in total. The first kappa shape index (κ1) is 21.3. The molecule has 3 aromatic carbocycles. The second-order valence-electron chi connectivity index (χ2n) is 9.02. The van der Waals surface area contributed by atoms with E-state index in [4.69, 9.17) is 9.72 Å². The number of aryl methyl sites for hydroxylation is 3. The molecule has 4 aromatic rings. The van der Waals surface area contributed by atoms with Crippen LogP contribution in [0.2, 0.25) is 0 Å². The summed E-state index contributed by atoms with van der Waals surface area (Å²) in [7, 11) is 0. The quantitative estimate of drug-likeness (QED) is 0.395. The summed E-state index contributed by atoms with van der Waals surface area (Å²) < 4.78 is 8.34. The zero-order valence-electron chi connectivity index (χ0n) is 19.4. The van der Waals surface area contributed by atoms with Crippen molar-refractivity contribution in [2.24, 2.45) is 0 Å². The maximum absolute atomic E-state index is 12.9. The van der Waals surface area contributed by atoms with Crippen molar-refractivity contribution in [3.63, 3.8) is 0 Å². The van der Waals surface area contributed by atoms with Crippen molar-refractivity contribution < 1.29 is 9.53 Å². The molecule has 1 saturated heterocycles. The number of ether oxygens (including phenoxy) is 1. The van der Waals surface area contributed by atoms with Gasteiger partial charge in [0, 0.05) is 24.6 Å². The van der Waals surface area contributed by atoms with Gasteiger partial charge in [0.2, 0.25) is 5.91 Å². The SMILES string of the molecule is Cc1ccc(N2C[C@H](c3nc4ccccc4n3CCOc3cc(C)cc(C)c3)CC2=O)cc1. The lowest BCUT2D eigenvalue weighted by Crippen LogP contribution is -2.24. The van der Waals surface area contributed by atoms with Crippen LogP contribution in [0.5, 0.6) is 5.75 Å². The van der Waals surface area contributed by atoms with Gasteiger partial charge in [0.05, 0.1) is 17.6 Å². The Morgan fingerprint density at radius 3 is 2.42 bits per heavy atom. The first-order valence-corrected chi connectivity index (χ1v) is 11.5. The average Bonchev–Trinajstić information content (AvgIpc) is 3.34. The van der Waals surface area contributed by atoms with Crippen molar-refractivity contribution in [2.75, 3.05) is 18.1 Å². The lowest BCUT2D eigenvalue weighted by molar-refractivity contribution is -0.117. The molecule has 2 heterocycles. The Balaban J connectivity index is 1.40. The van der Waals surface area contributed by atoms with Gasteiger partial charge in [-0.2, -0.15) is 0 Å². The topological polar surface area (TPSA) is 47.4 Å². The molecule has 1 fully saturated rings. The van der Waals surface area contributed by atoms with Gasteiger partial charge in [-0.25, -0.2) is 4.98 Å². The Kier molecular flexibility index (Phi) is 5.63. The van der Waals surface area contributed by atoms with E-state index in [1.165, 1.54) is 16.7 Å². The number of rotatable bonds is 6. The number of fused-ring (bicyclic) bond motifs is 1. The summed E-state index contributed by atoms with van der Waals surface area (Å²) in [6.07, 6.45) is 0.467. The predicted octanol–water partition coefficient (Wildman–Crippen LogP) is 5.56. The lowest BCUT2D eigenvalue weighted by Gasteiger charge is -2.18. The number of para-hydroxylation sites is 2. The number of hydrogen-bond acceptors (Lipinski definition) is 3. The molecule has 0 unspecified atom stereocenters.